The van der Waals surface area contributed by atoms with Gasteiger partial charge in [-0.05, 0) is 35.9 Å². The summed E-state index contributed by atoms with van der Waals surface area (Å²) in [4.78, 5) is 2.32. The van der Waals surface area contributed by atoms with Gasteiger partial charge in [-0.1, -0.05) is 23.4 Å². The fourth-order valence-corrected chi connectivity index (χ4v) is 2.85. The number of aromatic nitrogens is 3. The van der Waals surface area contributed by atoms with Gasteiger partial charge in [0, 0.05) is 12.2 Å². The summed E-state index contributed by atoms with van der Waals surface area (Å²) in [6.45, 7) is 1.61. The molecule has 1 aliphatic heterocycles. The van der Waals surface area contributed by atoms with Crippen molar-refractivity contribution in [3.05, 3.63) is 66.0 Å². The van der Waals surface area contributed by atoms with Crippen LogP contribution < -0.4 is 9.64 Å². The molecule has 110 valence electrons. The van der Waals surface area contributed by atoms with Gasteiger partial charge in [0.15, 0.2) is 0 Å². The van der Waals surface area contributed by atoms with Gasteiger partial charge in [0.25, 0.3) is 0 Å². The quantitative estimate of drug-likeness (QED) is 0.728. The summed E-state index contributed by atoms with van der Waals surface area (Å²) in [5.74, 6) is 0.866. The van der Waals surface area contributed by atoms with Crippen LogP contribution >= 0.6 is 0 Å². The molecule has 1 aromatic heterocycles. The Labute approximate surface area is 128 Å². The minimum atomic E-state index is 0.772. The molecule has 1 aliphatic rings. The molecule has 2 heterocycles. The van der Waals surface area contributed by atoms with Crippen LogP contribution in [0.2, 0.25) is 0 Å². The van der Waals surface area contributed by atoms with E-state index in [9.17, 15) is 0 Å². The predicted octanol–water partition coefficient (Wildman–Crippen LogP) is 2.80. The van der Waals surface area contributed by atoms with Gasteiger partial charge in [-0.15, -0.1) is 5.10 Å². The highest BCUT2D eigenvalue weighted by Gasteiger charge is 2.20. The highest BCUT2D eigenvalue weighted by molar-refractivity contribution is 5.53. The van der Waals surface area contributed by atoms with E-state index in [2.05, 4.69) is 45.5 Å². The minimum Gasteiger partial charge on any atom is -0.497 e. The van der Waals surface area contributed by atoms with Crippen LogP contribution in [0.3, 0.4) is 0 Å². The fraction of sp³-hybridized carbons (Fsp3) is 0.176. The number of anilines is 1. The SMILES string of the molecule is COc1ccc(N2Cc3ccccc3-n3nncc3C2)cc1. The van der Waals surface area contributed by atoms with Gasteiger partial charge < -0.3 is 9.64 Å². The second-order valence-electron chi connectivity index (χ2n) is 5.32. The van der Waals surface area contributed by atoms with Crippen LogP contribution in [0.5, 0.6) is 5.75 Å². The van der Waals surface area contributed by atoms with Gasteiger partial charge in [-0.3, -0.25) is 0 Å². The Kier molecular flexibility index (Phi) is 3.04. The van der Waals surface area contributed by atoms with Crippen LogP contribution in [-0.2, 0) is 13.1 Å². The van der Waals surface area contributed by atoms with Crippen molar-refractivity contribution in [2.45, 2.75) is 13.1 Å². The zero-order valence-electron chi connectivity index (χ0n) is 12.3. The van der Waals surface area contributed by atoms with Gasteiger partial charge in [-0.25, -0.2) is 4.68 Å². The lowest BCUT2D eigenvalue weighted by atomic mass is 10.1. The van der Waals surface area contributed by atoms with Crippen LogP contribution in [0, 0.1) is 0 Å². The Balaban J connectivity index is 1.77. The first kappa shape index (κ1) is 12.9. The summed E-state index contributed by atoms with van der Waals surface area (Å²) in [5, 5.41) is 8.30. The Morgan fingerprint density at radius 2 is 1.82 bits per heavy atom. The summed E-state index contributed by atoms with van der Waals surface area (Å²) in [7, 11) is 1.68. The largest absolute Gasteiger partial charge is 0.497 e. The maximum absolute atomic E-state index is 5.24. The molecule has 0 aliphatic carbocycles. The van der Waals surface area contributed by atoms with E-state index < -0.39 is 0 Å². The molecule has 5 heteroatoms. The lowest BCUT2D eigenvalue weighted by Crippen LogP contribution is -2.20. The topological polar surface area (TPSA) is 43.2 Å². The molecule has 0 amide bonds. The van der Waals surface area contributed by atoms with Crippen molar-refractivity contribution in [3.63, 3.8) is 0 Å². The molecule has 2 aromatic carbocycles. The van der Waals surface area contributed by atoms with E-state index in [0.29, 0.717) is 0 Å². The third-order valence-electron chi connectivity index (χ3n) is 3.99. The number of benzene rings is 2. The van der Waals surface area contributed by atoms with E-state index in [1.807, 2.05) is 29.1 Å². The molecule has 0 unspecified atom stereocenters. The van der Waals surface area contributed by atoms with Crippen LogP contribution in [0.4, 0.5) is 5.69 Å². The number of para-hydroxylation sites is 1. The van der Waals surface area contributed by atoms with Crippen LogP contribution in [0.15, 0.2) is 54.7 Å². The highest BCUT2D eigenvalue weighted by atomic mass is 16.5. The Bertz CT molecular complexity index is 794. The third kappa shape index (κ3) is 2.11. The number of nitrogens with zero attached hydrogens (tertiary/aromatic N) is 4. The van der Waals surface area contributed by atoms with Crippen molar-refractivity contribution in [3.8, 4) is 11.4 Å². The number of rotatable bonds is 2. The zero-order valence-corrected chi connectivity index (χ0v) is 12.3. The molecule has 0 N–H and O–H groups in total. The van der Waals surface area contributed by atoms with E-state index in [1.54, 1.807) is 7.11 Å². The number of fused-ring (bicyclic) bond motifs is 3. The van der Waals surface area contributed by atoms with Crippen molar-refractivity contribution in [1.29, 1.82) is 0 Å². The molecule has 0 fully saturated rings. The molecule has 0 saturated carbocycles. The molecule has 0 atom stereocenters. The molecule has 4 rings (SSSR count). The molecule has 0 radical (unpaired) electrons. The minimum absolute atomic E-state index is 0.772. The maximum atomic E-state index is 5.24. The molecule has 0 bridgehead atoms. The molecule has 0 spiro atoms. The summed E-state index contributed by atoms with van der Waals surface area (Å²) < 4.78 is 7.17. The second-order valence-corrected chi connectivity index (χ2v) is 5.32. The van der Waals surface area contributed by atoms with Crippen molar-refractivity contribution >= 4 is 5.69 Å². The van der Waals surface area contributed by atoms with Gasteiger partial charge in [-0.2, -0.15) is 0 Å². The van der Waals surface area contributed by atoms with E-state index in [-0.39, 0.29) is 0 Å². The van der Waals surface area contributed by atoms with Gasteiger partial charge in [0.2, 0.25) is 0 Å². The van der Waals surface area contributed by atoms with Crippen molar-refractivity contribution in [1.82, 2.24) is 15.0 Å². The summed E-state index contributed by atoms with van der Waals surface area (Å²) >= 11 is 0. The van der Waals surface area contributed by atoms with Crippen molar-refractivity contribution < 1.29 is 4.74 Å². The van der Waals surface area contributed by atoms with E-state index in [0.717, 1.165) is 35.9 Å². The van der Waals surface area contributed by atoms with E-state index in [4.69, 9.17) is 4.74 Å². The number of ether oxygens (including phenoxy) is 1. The molecule has 5 nitrogen and oxygen atoms in total. The second kappa shape index (κ2) is 5.18. The summed E-state index contributed by atoms with van der Waals surface area (Å²) in [5.41, 5.74) is 4.58. The first-order valence-electron chi connectivity index (χ1n) is 7.22. The van der Waals surface area contributed by atoms with Gasteiger partial charge in [0.1, 0.15) is 5.75 Å². The highest BCUT2D eigenvalue weighted by Crippen LogP contribution is 2.28. The number of hydrogen-bond acceptors (Lipinski definition) is 4. The van der Waals surface area contributed by atoms with Gasteiger partial charge >= 0.3 is 0 Å². The van der Waals surface area contributed by atoms with Crippen LogP contribution in [0.1, 0.15) is 11.3 Å². The standard InChI is InChI=1S/C17H16N4O/c1-22-16-8-6-14(7-9-16)20-11-13-4-2-3-5-17(13)21-15(12-20)10-18-19-21/h2-10H,11-12H2,1H3. The van der Waals surface area contributed by atoms with Crippen LogP contribution in [-0.4, -0.2) is 22.1 Å². The predicted molar refractivity (Wildman–Crippen MR) is 84.2 cm³/mol. The molecule has 22 heavy (non-hydrogen) atoms. The number of hydrogen-bond donors (Lipinski definition) is 0. The lowest BCUT2D eigenvalue weighted by molar-refractivity contribution is 0.415. The Morgan fingerprint density at radius 3 is 2.64 bits per heavy atom. The fourth-order valence-electron chi connectivity index (χ4n) is 2.85. The molecular formula is C17H16N4O. The average molecular weight is 292 g/mol. The summed E-state index contributed by atoms with van der Waals surface area (Å²) in [6.07, 6.45) is 1.83. The molecule has 3 aromatic rings. The maximum Gasteiger partial charge on any atom is 0.119 e. The third-order valence-corrected chi connectivity index (χ3v) is 3.99. The smallest absolute Gasteiger partial charge is 0.119 e. The van der Waals surface area contributed by atoms with Gasteiger partial charge in [0.05, 0.1) is 31.2 Å². The molecule has 0 saturated heterocycles. The van der Waals surface area contributed by atoms with E-state index >= 15 is 0 Å². The first-order valence-corrected chi connectivity index (χ1v) is 7.22. The summed E-state index contributed by atoms with van der Waals surface area (Å²) in [6, 6.07) is 16.5. The monoisotopic (exact) mass is 292 g/mol. The zero-order chi connectivity index (χ0) is 14.9. The molecular weight excluding hydrogens is 276 g/mol. The van der Waals surface area contributed by atoms with Crippen LogP contribution in [0.25, 0.3) is 5.69 Å². The normalized spacial score (nSPS) is 13.2. The van der Waals surface area contributed by atoms with E-state index in [1.165, 1.54) is 5.56 Å². The lowest BCUT2D eigenvalue weighted by Gasteiger charge is -2.23. The Morgan fingerprint density at radius 1 is 1.00 bits per heavy atom. The average Bonchev–Trinajstić information content (AvgIpc) is 2.97. The first-order chi connectivity index (χ1) is 10.8. The van der Waals surface area contributed by atoms with Crippen molar-refractivity contribution in [2.75, 3.05) is 12.0 Å². The van der Waals surface area contributed by atoms with Crippen molar-refractivity contribution in [2.24, 2.45) is 0 Å². The Hall–Kier alpha value is -2.82. The number of methoxy groups -OCH3 is 1.